The quantitative estimate of drug-likeness (QED) is 0.185. The summed E-state index contributed by atoms with van der Waals surface area (Å²) < 4.78 is 61.4. The molecule has 0 spiro atoms. The Hall–Kier alpha value is 0.610. The van der Waals surface area contributed by atoms with Gasteiger partial charge in [-0.15, -0.1) is 0 Å². The maximum absolute atomic E-state index is 12.5. The summed E-state index contributed by atoms with van der Waals surface area (Å²) >= 11 is 0. The fourth-order valence-corrected chi connectivity index (χ4v) is 10.1. The first-order chi connectivity index (χ1) is 17.0. The van der Waals surface area contributed by atoms with Gasteiger partial charge in [0, 0.05) is 40.5 Å². The third kappa shape index (κ3) is 9.97. The van der Waals surface area contributed by atoms with Crippen LogP contribution < -0.4 is 0 Å². The highest BCUT2D eigenvalue weighted by Crippen LogP contribution is 2.54. The molecule has 12 heteroatoms. The molecule has 0 amide bonds. The molecule has 0 N–H and O–H groups in total. The van der Waals surface area contributed by atoms with E-state index in [0.29, 0.717) is 36.2 Å². The Morgan fingerprint density at radius 3 is 1.19 bits per heavy atom. The van der Waals surface area contributed by atoms with Gasteiger partial charge in [0.1, 0.15) is 0 Å². The van der Waals surface area contributed by atoms with Crippen molar-refractivity contribution in [2.45, 2.75) is 103 Å². The van der Waals surface area contributed by atoms with Crippen molar-refractivity contribution in [2.75, 3.05) is 40.8 Å². The molecule has 2 aliphatic carbocycles. The van der Waals surface area contributed by atoms with Crippen molar-refractivity contribution in [1.29, 1.82) is 0 Å². The molecule has 0 atom stereocenters. The zero-order valence-corrected chi connectivity index (χ0v) is 26.3. The van der Waals surface area contributed by atoms with Gasteiger partial charge in [0.15, 0.2) is 0 Å². The molecule has 2 fully saturated rings. The summed E-state index contributed by atoms with van der Waals surface area (Å²) in [7, 11) is -1.37. The first kappa shape index (κ1) is 32.8. The van der Waals surface area contributed by atoms with E-state index in [-0.39, 0.29) is 12.2 Å². The third-order valence-electron chi connectivity index (χ3n) is 7.39. The maximum Gasteiger partial charge on any atom is 0.330 e. The summed E-state index contributed by atoms with van der Waals surface area (Å²) in [6, 6.07) is 0.597. The second-order valence-electron chi connectivity index (χ2n) is 10.6. The van der Waals surface area contributed by atoms with Crippen LogP contribution in [0.4, 0.5) is 0 Å². The summed E-state index contributed by atoms with van der Waals surface area (Å²) in [6.07, 6.45) is 8.62. The predicted octanol–water partition coefficient (Wildman–Crippen LogP) is 7.45. The molecule has 0 aromatic rings. The molecule has 214 valence electrons. The van der Waals surface area contributed by atoms with Crippen LogP contribution in [0.1, 0.15) is 79.1 Å². The van der Waals surface area contributed by atoms with Gasteiger partial charge in [-0.3, -0.25) is 9.13 Å². The highest BCUT2D eigenvalue weighted by Gasteiger charge is 2.37. The predicted molar refractivity (Wildman–Crippen MR) is 146 cm³/mol. The largest absolute Gasteiger partial charge is 0.330 e. The SMILES string of the molecule is COP(=O)(CC1CCC(OP(OC2CCC(CP(=O)(OC)OC)CC2)N(C(C)C)C(C)C)CC1)OC. The second-order valence-corrected chi connectivity index (χ2v) is 16.6. The first-order valence-corrected chi connectivity index (χ1v) is 17.9. The van der Waals surface area contributed by atoms with Gasteiger partial charge in [-0.05, 0) is 90.9 Å². The Morgan fingerprint density at radius 1 is 0.639 bits per heavy atom. The standard InChI is InChI=1S/C24H50NO8P3/c1-19(2)25(20(3)4)34(32-23-13-9-21(10-14-23)17-35(26,28-5)29-6)33-24-15-11-22(12-16-24)18-36(27,30-7)31-8/h19-24H,9-18H2,1-8H3. The van der Waals surface area contributed by atoms with E-state index >= 15 is 0 Å². The fourth-order valence-electron chi connectivity index (χ4n) is 5.28. The van der Waals surface area contributed by atoms with Crippen molar-refractivity contribution in [1.82, 2.24) is 4.67 Å². The molecule has 2 aliphatic rings. The Kier molecular flexibility index (Phi) is 14.0. The smallest absolute Gasteiger partial charge is 0.319 e. The van der Waals surface area contributed by atoms with Gasteiger partial charge in [0.2, 0.25) is 0 Å². The van der Waals surface area contributed by atoms with Crippen molar-refractivity contribution in [2.24, 2.45) is 11.8 Å². The number of hydrogen-bond acceptors (Lipinski definition) is 9. The Morgan fingerprint density at radius 2 is 0.944 bits per heavy atom. The molecular weight excluding hydrogens is 523 g/mol. The molecule has 0 aliphatic heterocycles. The molecule has 0 saturated heterocycles. The molecule has 0 aromatic heterocycles. The van der Waals surface area contributed by atoms with Crippen molar-refractivity contribution in [3.05, 3.63) is 0 Å². The summed E-state index contributed by atoms with van der Waals surface area (Å²) in [5, 5.41) is 0. The van der Waals surface area contributed by atoms with Gasteiger partial charge in [0.25, 0.3) is 8.53 Å². The summed E-state index contributed by atoms with van der Waals surface area (Å²) in [6.45, 7) is 8.76. The molecule has 9 nitrogen and oxygen atoms in total. The zero-order valence-electron chi connectivity index (χ0n) is 23.6. The molecule has 2 saturated carbocycles. The van der Waals surface area contributed by atoms with Gasteiger partial charge in [-0.2, -0.15) is 0 Å². The Bertz CT molecular complexity index is 650. The van der Waals surface area contributed by atoms with Crippen LogP contribution in [-0.4, -0.2) is 69.7 Å². The lowest BCUT2D eigenvalue weighted by Gasteiger charge is -2.41. The van der Waals surface area contributed by atoms with Crippen LogP contribution >= 0.6 is 23.7 Å². The van der Waals surface area contributed by atoms with E-state index in [4.69, 9.17) is 27.1 Å². The van der Waals surface area contributed by atoms with Gasteiger partial charge >= 0.3 is 15.2 Å². The molecule has 0 bridgehead atoms. The fraction of sp³-hybridized carbons (Fsp3) is 1.00. The highest BCUT2D eigenvalue weighted by molar-refractivity contribution is 7.54. The Balaban J connectivity index is 1.96. The molecule has 0 aromatic carbocycles. The van der Waals surface area contributed by atoms with E-state index in [9.17, 15) is 9.13 Å². The minimum atomic E-state index is -2.99. The number of rotatable bonds is 15. The van der Waals surface area contributed by atoms with Crippen LogP contribution in [0.5, 0.6) is 0 Å². The lowest BCUT2D eigenvalue weighted by atomic mass is 9.89. The van der Waals surface area contributed by atoms with E-state index in [1.807, 2.05) is 0 Å². The normalized spacial score (nSPS) is 27.2. The molecule has 0 heterocycles. The monoisotopic (exact) mass is 573 g/mol. The molecule has 0 radical (unpaired) electrons. The molecule has 36 heavy (non-hydrogen) atoms. The van der Waals surface area contributed by atoms with Crippen LogP contribution in [0.25, 0.3) is 0 Å². The van der Waals surface area contributed by atoms with Crippen LogP contribution in [0.3, 0.4) is 0 Å². The number of nitrogens with zero attached hydrogens (tertiary/aromatic N) is 1. The van der Waals surface area contributed by atoms with Crippen LogP contribution in [0, 0.1) is 11.8 Å². The van der Waals surface area contributed by atoms with E-state index < -0.39 is 23.7 Å². The van der Waals surface area contributed by atoms with E-state index in [0.717, 1.165) is 51.4 Å². The minimum Gasteiger partial charge on any atom is -0.319 e. The van der Waals surface area contributed by atoms with Gasteiger partial charge in [0.05, 0.1) is 24.5 Å². The minimum absolute atomic E-state index is 0.127. The van der Waals surface area contributed by atoms with Gasteiger partial charge in [-0.25, -0.2) is 4.67 Å². The first-order valence-electron chi connectivity index (χ1n) is 13.3. The van der Waals surface area contributed by atoms with E-state index in [1.165, 1.54) is 28.4 Å². The summed E-state index contributed by atoms with van der Waals surface area (Å²) in [5.74, 6) is 0.638. The molecule has 0 unspecified atom stereocenters. The van der Waals surface area contributed by atoms with Crippen LogP contribution in [0.2, 0.25) is 0 Å². The van der Waals surface area contributed by atoms with E-state index in [1.54, 1.807) is 0 Å². The molecular formula is C24H50NO8P3. The van der Waals surface area contributed by atoms with Crippen molar-refractivity contribution in [3.8, 4) is 0 Å². The van der Waals surface area contributed by atoms with Crippen molar-refractivity contribution in [3.63, 3.8) is 0 Å². The van der Waals surface area contributed by atoms with Gasteiger partial charge in [-0.1, -0.05) is 0 Å². The van der Waals surface area contributed by atoms with Crippen LogP contribution in [0.15, 0.2) is 0 Å². The van der Waals surface area contributed by atoms with Gasteiger partial charge < -0.3 is 27.1 Å². The lowest BCUT2D eigenvalue weighted by Crippen LogP contribution is -2.36. The van der Waals surface area contributed by atoms with E-state index in [2.05, 4.69) is 32.4 Å². The lowest BCUT2D eigenvalue weighted by molar-refractivity contribution is 0.0608. The highest BCUT2D eigenvalue weighted by atomic mass is 31.2. The Labute approximate surface area is 220 Å². The zero-order chi connectivity index (χ0) is 26.9. The average molecular weight is 574 g/mol. The topological polar surface area (TPSA) is 92.8 Å². The second kappa shape index (κ2) is 15.4. The summed E-state index contributed by atoms with van der Waals surface area (Å²) in [5.41, 5.74) is 0. The third-order valence-corrected chi connectivity index (χ3v) is 13.8. The van der Waals surface area contributed by atoms with Crippen molar-refractivity contribution >= 4 is 23.7 Å². The van der Waals surface area contributed by atoms with Crippen molar-refractivity contribution < 1.29 is 36.3 Å². The number of hydrogen-bond donors (Lipinski definition) is 0. The van der Waals surface area contributed by atoms with Crippen LogP contribution in [-0.2, 0) is 36.3 Å². The molecule has 2 rings (SSSR count). The maximum atomic E-state index is 12.5. The average Bonchev–Trinajstić information content (AvgIpc) is 2.85. The summed E-state index contributed by atoms with van der Waals surface area (Å²) in [4.78, 5) is 0.